The number of amides is 1. The number of carbonyl (C=O) groups is 2. The van der Waals surface area contributed by atoms with Gasteiger partial charge >= 0.3 is 0 Å². The Kier molecular flexibility index (Phi) is 4.10. The number of nitrogens with one attached hydrogen (secondary N) is 1. The van der Waals surface area contributed by atoms with Gasteiger partial charge in [0.15, 0.2) is 5.78 Å². The lowest BCUT2D eigenvalue weighted by Gasteiger charge is -1.97. The second-order valence-corrected chi connectivity index (χ2v) is 4.42. The van der Waals surface area contributed by atoms with Crippen molar-refractivity contribution in [1.29, 1.82) is 0 Å². The van der Waals surface area contributed by atoms with Crippen molar-refractivity contribution in [3.63, 3.8) is 0 Å². The first-order chi connectivity index (χ1) is 6.63. The molecule has 0 atom stereocenters. The number of ketones is 1. The van der Waals surface area contributed by atoms with Crippen LogP contribution in [0.1, 0.15) is 22.5 Å². The van der Waals surface area contributed by atoms with E-state index in [1.165, 1.54) is 11.3 Å². The third-order valence-corrected chi connectivity index (χ3v) is 2.98. The molecule has 1 aromatic heterocycles. The lowest BCUT2D eigenvalue weighted by molar-refractivity contribution is -0.120. The highest BCUT2D eigenvalue weighted by Gasteiger charge is 2.10. The highest BCUT2D eigenvalue weighted by Crippen LogP contribution is 2.22. The van der Waals surface area contributed by atoms with Crippen molar-refractivity contribution in [1.82, 2.24) is 5.32 Å². The van der Waals surface area contributed by atoms with Gasteiger partial charge in [-0.05, 0) is 12.1 Å². The molecule has 0 unspecified atom stereocenters. The van der Waals surface area contributed by atoms with Crippen LogP contribution < -0.4 is 5.32 Å². The van der Waals surface area contributed by atoms with Crippen molar-refractivity contribution in [2.75, 3.05) is 7.05 Å². The van der Waals surface area contributed by atoms with Gasteiger partial charge in [0.2, 0.25) is 5.91 Å². The van der Waals surface area contributed by atoms with Crippen LogP contribution in [0.4, 0.5) is 0 Å². The van der Waals surface area contributed by atoms with Gasteiger partial charge < -0.3 is 5.32 Å². The number of hydrogen-bond acceptors (Lipinski definition) is 3. The minimum atomic E-state index is -0.124. The first kappa shape index (κ1) is 11.2. The minimum absolute atomic E-state index is 0.0366. The summed E-state index contributed by atoms with van der Waals surface area (Å²) in [5.41, 5.74) is 0. The van der Waals surface area contributed by atoms with Gasteiger partial charge in [-0.1, -0.05) is 11.6 Å². The topological polar surface area (TPSA) is 46.2 Å². The molecular formula is C9H10ClNO2S. The Morgan fingerprint density at radius 2 is 2.14 bits per heavy atom. The lowest BCUT2D eigenvalue weighted by atomic mass is 10.2. The lowest BCUT2D eigenvalue weighted by Crippen LogP contribution is -2.18. The van der Waals surface area contributed by atoms with E-state index in [9.17, 15) is 9.59 Å². The molecule has 0 saturated heterocycles. The maximum absolute atomic E-state index is 11.5. The maximum atomic E-state index is 11.5. The molecule has 0 aliphatic carbocycles. The molecule has 3 nitrogen and oxygen atoms in total. The Bertz CT molecular complexity index is 348. The summed E-state index contributed by atoms with van der Waals surface area (Å²) in [4.78, 5) is 22.9. The van der Waals surface area contributed by atoms with Gasteiger partial charge in [-0.25, -0.2) is 0 Å². The fraction of sp³-hybridized carbons (Fsp3) is 0.333. The van der Waals surface area contributed by atoms with Gasteiger partial charge in [0, 0.05) is 19.9 Å². The fourth-order valence-electron chi connectivity index (χ4n) is 0.939. The van der Waals surface area contributed by atoms with Gasteiger partial charge in [-0.3, -0.25) is 9.59 Å². The van der Waals surface area contributed by atoms with E-state index in [0.29, 0.717) is 9.21 Å². The number of thiophene rings is 1. The third kappa shape index (κ3) is 3.12. The van der Waals surface area contributed by atoms with E-state index in [1.807, 2.05) is 0 Å². The predicted octanol–water partition coefficient (Wildman–Crippen LogP) is 2.11. The molecule has 14 heavy (non-hydrogen) atoms. The molecule has 0 bridgehead atoms. The summed E-state index contributed by atoms with van der Waals surface area (Å²) < 4.78 is 0.591. The van der Waals surface area contributed by atoms with Crippen molar-refractivity contribution in [3.05, 3.63) is 21.3 Å². The molecular weight excluding hydrogens is 222 g/mol. The number of carbonyl (C=O) groups excluding carboxylic acids is 2. The summed E-state index contributed by atoms with van der Waals surface area (Å²) in [6, 6.07) is 3.36. The summed E-state index contributed by atoms with van der Waals surface area (Å²) in [6.45, 7) is 0. The smallest absolute Gasteiger partial charge is 0.220 e. The number of hydrogen-bond donors (Lipinski definition) is 1. The SMILES string of the molecule is CNC(=O)CCC(=O)c1ccc(Cl)s1. The van der Waals surface area contributed by atoms with Crippen LogP contribution in [0.3, 0.4) is 0 Å². The molecule has 1 aromatic rings. The summed E-state index contributed by atoms with van der Waals surface area (Å²) >= 11 is 6.92. The predicted molar refractivity (Wildman–Crippen MR) is 57.0 cm³/mol. The van der Waals surface area contributed by atoms with Crippen molar-refractivity contribution >= 4 is 34.6 Å². The van der Waals surface area contributed by atoms with E-state index in [0.717, 1.165) is 0 Å². The molecule has 1 amide bonds. The number of halogens is 1. The zero-order valence-corrected chi connectivity index (χ0v) is 9.24. The van der Waals surface area contributed by atoms with Gasteiger partial charge in [0.25, 0.3) is 0 Å². The molecule has 1 N–H and O–H groups in total. The molecule has 0 aliphatic rings. The van der Waals surface area contributed by atoms with Crippen LogP contribution in [0.2, 0.25) is 4.34 Å². The van der Waals surface area contributed by atoms with E-state index in [2.05, 4.69) is 5.32 Å². The minimum Gasteiger partial charge on any atom is -0.359 e. The van der Waals surface area contributed by atoms with Crippen LogP contribution in [0.15, 0.2) is 12.1 Å². The molecule has 0 aromatic carbocycles. The Labute approximate surface area is 91.1 Å². The van der Waals surface area contributed by atoms with E-state index >= 15 is 0 Å². The Morgan fingerprint density at radius 1 is 1.43 bits per heavy atom. The van der Waals surface area contributed by atoms with E-state index < -0.39 is 0 Å². The first-order valence-electron chi connectivity index (χ1n) is 4.12. The van der Waals surface area contributed by atoms with Crippen molar-refractivity contribution in [3.8, 4) is 0 Å². The summed E-state index contributed by atoms with van der Waals surface area (Å²) in [6.07, 6.45) is 0.460. The molecule has 5 heteroatoms. The molecule has 0 fully saturated rings. The first-order valence-corrected chi connectivity index (χ1v) is 5.32. The van der Waals surface area contributed by atoms with Gasteiger partial charge in [0.05, 0.1) is 9.21 Å². The highest BCUT2D eigenvalue weighted by atomic mass is 35.5. The summed E-state index contributed by atoms with van der Waals surface area (Å²) in [5, 5.41) is 2.46. The zero-order chi connectivity index (χ0) is 10.6. The van der Waals surface area contributed by atoms with E-state index in [1.54, 1.807) is 19.2 Å². The average Bonchev–Trinajstić information content (AvgIpc) is 2.60. The van der Waals surface area contributed by atoms with Crippen molar-refractivity contribution in [2.24, 2.45) is 0 Å². The van der Waals surface area contributed by atoms with Gasteiger partial charge in [-0.2, -0.15) is 0 Å². The molecule has 0 saturated carbocycles. The largest absolute Gasteiger partial charge is 0.359 e. The van der Waals surface area contributed by atoms with Crippen LogP contribution in [0.5, 0.6) is 0 Å². The van der Waals surface area contributed by atoms with Gasteiger partial charge in [0.1, 0.15) is 0 Å². The van der Waals surface area contributed by atoms with Crippen molar-refractivity contribution in [2.45, 2.75) is 12.8 Å². The monoisotopic (exact) mass is 231 g/mol. The Morgan fingerprint density at radius 3 is 2.64 bits per heavy atom. The van der Waals surface area contributed by atoms with Crippen LogP contribution >= 0.6 is 22.9 Å². The highest BCUT2D eigenvalue weighted by molar-refractivity contribution is 7.18. The zero-order valence-electron chi connectivity index (χ0n) is 7.67. The summed E-state index contributed by atoms with van der Waals surface area (Å²) in [7, 11) is 1.55. The Balaban J connectivity index is 2.47. The van der Waals surface area contributed by atoms with Crippen LogP contribution in [0.25, 0.3) is 0 Å². The standard InChI is InChI=1S/C9H10ClNO2S/c1-11-9(13)5-2-6(12)7-3-4-8(10)14-7/h3-4H,2,5H2,1H3,(H,11,13). The van der Waals surface area contributed by atoms with Gasteiger partial charge in [-0.15, -0.1) is 11.3 Å². The van der Waals surface area contributed by atoms with Crippen LogP contribution in [-0.2, 0) is 4.79 Å². The molecule has 0 spiro atoms. The fourth-order valence-corrected chi connectivity index (χ4v) is 1.95. The molecule has 76 valence electrons. The number of Topliss-reactive ketones (excluding diaryl/α,β-unsaturated/α-hetero) is 1. The van der Waals surface area contributed by atoms with Crippen LogP contribution in [-0.4, -0.2) is 18.7 Å². The molecule has 0 aliphatic heterocycles. The van der Waals surface area contributed by atoms with E-state index in [4.69, 9.17) is 11.6 Å². The quantitative estimate of drug-likeness (QED) is 0.807. The average molecular weight is 232 g/mol. The van der Waals surface area contributed by atoms with Crippen LogP contribution in [0, 0.1) is 0 Å². The number of rotatable bonds is 4. The van der Waals surface area contributed by atoms with Crippen molar-refractivity contribution < 1.29 is 9.59 Å². The second kappa shape index (κ2) is 5.12. The third-order valence-electron chi connectivity index (χ3n) is 1.71. The molecule has 1 rings (SSSR count). The Hall–Kier alpha value is -0.870. The second-order valence-electron chi connectivity index (χ2n) is 2.70. The maximum Gasteiger partial charge on any atom is 0.220 e. The molecule has 0 radical (unpaired) electrons. The van der Waals surface area contributed by atoms with E-state index in [-0.39, 0.29) is 24.5 Å². The normalized spacial score (nSPS) is 9.86. The summed E-state index contributed by atoms with van der Waals surface area (Å²) in [5.74, 6) is -0.161. The molecule has 1 heterocycles.